The van der Waals surface area contributed by atoms with Gasteiger partial charge in [0.2, 0.25) is 0 Å². The van der Waals surface area contributed by atoms with Crippen molar-refractivity contribution in [3.05, 3.63) is 35.3 Å². The largest absolute Gasteiger partial charge is 0.481 e. The number of hydrogen-bond donors (Lipinski definition) is 1. The lowest BCUT2D eigenvalue weighted by Gasteiger charge is -2.30. The molecule has 1 amide bonds. The lowest BCUT2D eigenvalue weighted by molar-refractivity contribution is -0.143. The van der Waals surface area contributed by atoms with Gasteiger partial charge in [-0.25, -0.2) is 4.98 Å². The number of hydrogen-bond acceptors (Lipinski definition) is 3. The van der Waals surface area contributed by atoms with E-state index in [1.807, 2.05) is 29.7 Å². The first-order valence-electron chi connectivity index (χ1n) is 8.51. The van der Waals surface area contributed by atoms with Crippen molar-refractivity contribution in [3.63, 3.8) is 0 Å². The quantitative estimate of drug-likeness (QED) is 0.935. The van der Waals surface area contributed by atoms with E-state index in [1.165, 1.54) is 0 Å². The SMILES string of the molecule is CCCc1nc2c(C)cccn2c1C(=O)N1CCC(C(=O)O)CC1. The Balaban J connectivity index is 1.93. The number of carboxylic acid groups (broad SMARTS) is 1. The molecule has 1 saturated heterocycles. The fourth-order valence-corrected chi connectivity index (χ4v) is 3.37. The number of nitrogens with zero attached hydrogens (tertiary/aromatic N) is 3. The van der Waals surface area contributed by atoms with E-state index in [0.717, 1.165) is 29.7 Å². The van der Waals surface area contributed by atoms with Crippen LogP contribution in [0.5, 0.6) is 0 Å². The molecule has 0 bridgehead atoms. The summed E-state index contributed by atoms with van der Waals surface area (Å²) in [7, 11) is 0. The summed E-state index contributed by atoms with van der Waals surface area (Å²) in [5.74, 6) is -1.15. The highest BCUT2D eigenvalue weighted by Crippen LogP contribution is 2.23. The smallest absolute Gasteiger partial charge is 0.306 e. The lowest BCUT2D eigenvalue weighted by Crippen LogP contribution is -2.41. The maximum Gasteiger partial charge on any atom is 0.306 e. The summed E-state index contributed by atoms with van der Waals surface area (Å²) in [6.07, 6.45) is 4.59. The van der Waals surface area contributed by atoms with Gasteiger partial charge < -0.3 is 10.0 Å². The molecular formula is C18H23N3O3. The number of rotatable bonds is 4. The van der Waals surface area contributed by atoms with Gasteiger partial charge in [-0.05, 0) is 37.8 Å². The molecule has 1 fully saturated rings. The van der Waals surface area contributed by atoms with E-state index in [9.17, 15) is 9.59 Å². The van der Waals surface area contributed by atoms with Crippen molar-refractivity contribution < 1.29 is 14.7 Å². The third-order valence-corrected chi connectivity index (χ3v) is 4.74. The van der Waals surface area contributed by atoms with Crippen molar-refractivity contribution in [2.75, 3.05) is 13.1 Å². The maximum absolute atomic E-state index is 13.1. The highest BCUT2D eigenvalue weighted by molar-refractivity contribution is 5.95. The average molecular weight is 329 g/mol. The fraction of sp³-hybridized carbons (Fsp3) is 0.500. The minimum absolute atomic E-state index is 0.0413. The highest BCUT2D eigenvalue weighted by Gasteiger charge is 2.30. The number of fused-ring (bicyclic) bond motifs is 1. The summed E-state index contributed by atoms with van der Waals surface area (Å²) in [4.78, 5) is 30.6. The van der Waals surface area contributed by atoms with Gasteiger partial charge in [0.1, 0.15) is 11.3 Å². The van der Waals surface area contributed by atoms with Crippen LogP contribution in [0.2, 0.25) is 0 Å². The molecule has 2 aromatic heterocycles. The second kappa shape index (κ2) is 6.63. The van der Waals surface area contributed by atoms with Crippen LogP contribution in [0.15, 0.2) is 18.3 Å². The molecule has 24 heavy (non-hydrogen) atoms. The summed E-state index contributed by atoms with van der Waals surface area (Å²) >= 11 is 0. The van der Waals surface area contributed by atoms with Gasteiger partial charge in [-0.3, -0.25) is 14.0 Å². The summed E-state index contributed by atoms with van der Waals surface area (Å²) in [6.45, 7) is 5.04. The van der Waals surface area contributed by atoms with Crippen molar-refractivity contribution in [2.45, 2.75) is 39.5 Å². The molecule has 0 radical (unpaired) electrons. The Labute approximate surface area is 141 Å². The van der Waals surface area contributed by atoms with Crippen molar-refractivity contribution in [2.24, 2.45) is 5.92 Å². The van der Waals surface area contributed by atoms with E-state index in [-0.39, 0.29) is 11.8 Å². The molecule has 0 aliphatic carbocycles. The Morgan fingerprint density at radius 2 is 2.04 bits per heavy atom. The Kier molecular flexibility index (Phi) is 4.55. The zero-order chi connectivity index (χ0) is 17.3. The van der Waals surface area contributed by atoms with E-state index in [2.05, 4.69) is 11.9 Å². The molecule has 3 heterocycles. The van der Waals surface area contributed by atoms with E-state index < -0.39 is 5.97 Å². The van der Waals surface area contributed by atoms with Gasteiger partial charge in [0.15, 0.2) is 0 Å². The normalized spacial score (nSPS) is 15.8. The molecule has 128 valence electrons. The van der Waals surface area contributed by atoms with E-state index in [4.69, 9.17) is 5.11 Å². The molecule has 0 aromatic carbocycles. The first-order chi connectivity index (χ1) is 11.5. The van der Waals surface area contributed by atoms with Gasteiger partial charge in [-0.2, -0.15) is 0 Å². The molecule has 0 spiro atoms. The predicted molar refractivity (Wildman–Crippen MR) is 90.2 cm³/mol. The van der Waals surface area contributed by atoms with Gasteiger partial charge in [0.25, 0.3) is 5.91 Å². The monoisotopic (exact) mass is 329 g/mol. The van der Waals surface area contributed by atoms with Crippen molar-refractivity contribution >= 4 is 17.5 Å². The number of likely N-dealkylation sites (tertiary alicyclic amines) is 1. The van der Waals surface area contributed by atoms with Crippen molar-refractivity contribution in [1.29, 1.82) is 0 Å². The molecule has 6 nitrogen and oxygen atoms in total. The Morgan fingerprint density at radius 1 is 1.33 bits per heavy atom. The zero-order valence-electron chi connectivity index (χ0n) is 14.2. The van der Waals surface area contributed by atoms with Crippen LogP contribution in [0, 0.1) is 12.8 Å². The molecular weight excluding hydrogens is 306 g/mol. The van der Waals surface area contributed by atoms with Crippen LogP contribution in [0.4, 0.5) is 0 Å². The molecule has 1 N–H and O–H groups in total. The summed E-state index contributed by atoms with van der Waals surface area (Å²) in [5, 5.41) is 9.12. The summed E-state index contributed by atoms with van der Waals surface area (Å²) in [5.41, 5.74) is 3.32. The van der Waals surface area contributed by atoms with Crippen LogP contribution < -0.4 is 0 Å². The second-order valence-corrected chi connectivity index (χ2v) is 6.45. The number of imidazole rings is 1. The third-order valence-electron chi connectivity index (χ3n) is 4.74. The number of carbonyl (C=O) groups excluding carboxylic acids is 1. The van der Waals surface area contributed by atoms with Gasteiger partial charge in [0.05, 0.1) is 11.6 Å². The standard InChI is InChI=1S/C18H23N3O3/c1-3-5-14-15(21-9-4-6-12(2)16(21)19-14)17(22)20-10-7-13(8-11-20)18(23)24/h4,6,9,13H,3,5,7-8,10-11H2,1-2H3,(H,23,24). The van der Waals surface area contributed by atoms with Crippen LogP contribution in [-0.4, -0.2) is 44.4 Å². The molecule has 1 aliphatic rings. The fourth-order valence-electron chi connectivity index (χ4n) is 3.37. The first kappa shape index (κ1) is 16.5. The molecule has 1 aliphatic heterocycles. The number of piperidine rings is 1. The second-order valence-electron chi connectivity index (χ2n) is 6.45. The van der Waals surface area contributed by atoms with Crippen LogP contribution in [0.3, 0.4) is 0 Å². The highest BCUT2D eigenvalue weighted by atomic mass is 16.4. The van der Waals surface area contributed by atoms with Gasteiger partial charge in [-0.15, -0.1) is 0 Å². The number of carboxylic acids is 1. The van der Waals surface area contributed by atoms with Crippen LogP contribution in [0.25, 0.3) is 5.65 Å². The van der Waals surface area contributed by atoms with Crippen LogP contribution in [-0.2, 0) is 11.2 Å². The molecule has 0 atom stereocenters. The Hall–Kier alpha value is -2.37. The van der Waals surface area contributed by atoms with E-state index >= 15 is 0 Å². The molecule has 0 saturated carbocycles. The van der Waals surface area contributed by atoms with E-state index in [1.54, 1.807) is 4.90 Å². The van der Waals surface area contributed by atoms with Gasteiger partial charge >= 0.3 is 5.97 Å². The number of aromatic nitrogens is 2. The molecule has 2 aromatic rings. The Bertz CT molecular complexity index is 773. The number of pyridine rings is 1. The van der Waals surface area contributed by atoms with Gasteiger partial charge in [0, 0.05) is 19.3 Å². The van der Waals surface area contributed by atoms with E-state index in [0.29, 0.717) is 31.6 Å². The molecule has 6 heteroatoms. The van der Waals surface area contributed by atoms with Crippen molar-refractivity contribution in [3.8, 4) is 0 Å². The van der Waals surface area contributed by atoms with Crippen LogP contribution >= 0.6 is 0 Å². The van der Waals surface area contributed by atoms with Crippen molar-refractivity contribution in [1.82, 2.24) is 14.3 Å². The number of carbonyl (C=O) groups is 2. The molecule has 0 unspecified atom stereocenters. The zero-order valence-corrected chi connectivity index (χ0v) is 14.2. The number of aliphatic carboxylic acids is 1. The summed E-state index contributed by atoms with van der Waals surface area (Å²) in [6, 6.07) is 3.91. The third kappa shape index (κ3) is 2.88. The topological polar surface area (TPSA) is 74.9 Å². The molecule has 3 rings (SSSR count). The minimum Gasteiger partial charge on any atom is -0.481 e. The summed E-state index contributed by atoms with van der Waals surface area (Å²) < 4.78 is 1.88. The lowest BCUT2D eigenvalue weighted by atomic mass is 9.97. The minimum atomic E-state index is -0.765. The average Bonchev–Trinajstić information content (AvgIpc) is 2.94. The number of amides is 1. The number of aryl methyl sites for hydroxylation is 2. The Morgan fingerprint density at radius 3 is 2.67 bits per heavy atom. The maximum atomic E-state index is 13.1. The van der Waals surface area contributed by atoms with Crippen LogP contribution in [0.1, 0.15) is 47.9 Å². The predicted octanol–water partition coefficient (Wildman–Crippen LogP) is 2.53. The van der Waals surface area contributed by atoms with Gasteiger partial charge in [-0.1, -0.05) is 19.4 Å². The first-order valence-corrected chi connectivity index (χ1v) is 8.51.